The van der Waals surface area contributed by atoms with Crippen molar-refractivity contribution in [2.75, 3.05) is 0 Å². The Labute approximate surface area is 120 Å². The number of hydrogen-bond donors (Lipinski definition) is 2. The van der Waals surface area contributed by atoms with Crippen LogP contribution in [0.5, 0.6) is 5.88 Å². The number of nitrogens with zero attached hydrogens (tertiary/aromatic N) is 2. The zero-order valence-electron chi connectivity index (χ0n) is 10.8. The Morgan fingerprint density at radius 1 is 1.10 bits per heavy atom. The van der Waals surface area contributed by atoms with Crippen LogP contribution in [0.2, 0.25) is 5.02 Å². The second kappa shape index (κ2) is 4.98. The molecule has 5 heteroatoms. The van der Waals surface area contributed by atoms with Crippen molar-refractivity contribution in [3.05, 3.63) is 53.1 Å². The van der Waals surface area contributed by atoms with Gasteiger partial charge in [-0.15, -0.1) is 5.11 Å². The van der Waals surface area contributed by atoms with E-state index < -0.39 is 0 Å². The fourth-order valence-corrected chi connectivity index (χ4v) is 2.17. The number of para-hydroxylation sites is 1. The number of aryl methyl sites for hydroxylation is 1. The van der Waals surface area contributed by atoms with Gasteiger partial charge in [-0.05, 0) is 30.7 Å². The maximum absolute atomic E-state index is 9.90. The number of fused-ring (bicyclic) bond motifs is 1. The summed E-state index contributed by atoms with van der Waals surface area (Å²) in [5.41, 5.74) is 2.90. The molecule has 0 amide bonds. The van der Waals surface area contributed by atoms with Gasteiger partial charge in [0, 0.05) is 10.4 Å². The van der Waals surface area contributed by atoms with Gasteiger partial charge in [-0.2, -0.15) is 5.11 Å². The summed E-state index contributed by atoms with van der Waals surface area (Å²) in [4.78, 5) is 2.87. The molecule has 0 fully saturated rings. The van der Waals surface area contributed by atoms with Gasteiger partial charge in [0.1, 0.15) is 0 Å². The van der Waals surface area contributed by atoms with Crippen LogP contribution in [0.3, 0.4) is 0 Å². The Kier molecular flexibility index (Phi) is 3.16. The van der Waals surface area contributed by atoms with E-state index in [2.05, 4.69) is 15.2 Å². The topological polar surface area (TPSA) is 60.7 Å². The molecule has 0 aliphatic heterocycles. The highest BCUT2D eigenvalue weighted by molar-refractivity contribution is 6.30. The van der Waals surface area contributed by atoms with Gasteiger partial charge in [0.2, 0.25) is 5.88 Å². The number of hydrogen-bond acceptors (Lipinski definition) is 3. The summed E-state index contributed by atoms with van der Waals surface area (Å²) < 4.78 is 0. The van der Waals surface area contributed by atoms with Crippen molar-refractivity contribution in [2.45, 2.75) is 6.92 Å². The predicted octanol–water partition coefficient (Wildman–Crippen LogP) is 5.25. The van der Waals surface area contributed by atoms with Crippen LogP contribution in [0.1, 0.15) is 5.56 Å². The van der Waals surface area contributed by atoms with E-state index in [4.69, 9.17) is 11.6 Å². The Morgan fingerprint density at radius 2 is 1.90 bits per heavy atom. The molecule has 0 aliphatic rings. The van der Waals surface area contributed by atoms with Gasteiger partial charge in [0.25, 0.3) is 0 Å². The first-order chi connectivity index (χ1) is 9.65. The minimum atomic E-state index is 0.00892. The zero-order chi connectivity index (χ0) is 14.1. The van der Waals surface area contributed by atoms with E-state index in [-0.39, 0.29) is 5.88 Å². The molecule has 3 aromatic rings. The third-order valence-electron chi connectivity index (χ3n) is 3.09. The van der Waals surface area contributed by atoms with Gasteiger partial charge in [0.15, 0.2) is 5.69 Å². The maximum Gasteiger partial charge on any atom is 0.218 e. The molecule has 2 aromatic carbocycles. The van der Waals surface area contributed by atoms with Crippen molar-refractivity contribution in [2.24, 2.45) is 10.2 Å². The lowest BCUT2D eigenvalue weighted by atomic mass is 10.2. The average molecular weight is 286 g/mol. The van der Waals surface area contributed by atoms with Crippen molar-refractivity contribution in [1.29, 1.82) is 0 Å². The normalized spacial score (nSPS) is 11.5. The second-order valence-electron chi connectivity index (χ2n) is 4.50. The largest absolute Gasteiger partial charge is 0.493 e. The molecule has 2 N–H and O–H groups in total. The molecular formula is C15H12ClN3O. The van der Waals surface area contributed by atoms with E-state index in [1.807, 2.05) is 37.3 Å². The van der Waals surface area contributed by atoms with Crippen LogP contribution in [0.4, 0.5) is 11.4 Å². The minimum absolute atomic E-state index is 0.00892. The quantitative estimate of drug-likeness (QED) is 0.621. The summed E-state index contributed by atoms with van der Waals surface area (Å²) in [5.74, 6) is 0.00892. The van der Waals surface area contributed by atoms with Gasteiger partial charge in [-0.1, -0.05) is 35.9 Å². The van der Waals surface area contributed by atoms with Crippen molar-refractivity contribution in [3.8, 4) is 5.88 Å². The molecule has 1 heterocycles. The molecule has 0 spiro atoms. The lowest BCUT2D eigenvalue weighted by Crippen LogP contribution is -1.73. The van der Waals surface area contributed by atoms with Crippen LogP contribution in [-0.2, 0) is 0 Å². The van der Waals surface area contributed by atoms with Gasteiger partial charge < -0.3 is 10.1 Å². The number of azo groups is 1. The Bertz CT molecular complexity index is 808. The minimum Gasteiger partial charge on any atom is -0.493 e. The van der Waals surface area contributed by atoms with Crippen LogP contribution in [0, 0.1) is 6.92 Å². The fourth-order valence-electron chi connectivity index (χ4n) is 2.01. The van der Waals surface area contributed by atoms with Crippen molar-refractivity contribution >= 4 is 33.9 Å². The molecule has 3 rings (SSSR count). The van der Waals surface area contributed by atoms with E-state index in [0.717, 1.165) is 16.5 Å². The van der Waals surface area contributed by atoms with Crippen LogP contribution >= 0.6 is 11.6 Å². The molecule has 0 unspecified atom stereocenters. The number of halogens is 1. The van der Waals surface area contributed by atoms with Crippen LogP contribution in [-0.4, -0.2) is 10.1 Å². The van der Waals surface area contributed by atoms with E-state index in [1.54, 1.807) is 12.1 Å². The van der Waals surface area contributed by atoms with E-state index in [9.17, 15) is 5.11 Å². The first-order valence-corrected chi connectivity index (χ1v) is 6.50. The van der Waals surface area contributed by atoms with Gasteiger partial charge in [-0.25, -0.2) is 0 Å². The fraction of sp³-hybridized carbons (Fsp3) is 0.0667. The van der Waals surface area contributed by atoms with Crippen molar-refractivity contribution < 1.29 is 5.11 Å². The molecule has 4 nitrogen and oxygen atoms in total. The Morgan fingerprint density at radius 3 is 2.75 bits per heavy atom. The standard InChI is InChI=1S/C15H12ClN3O/c1-9-6-7-10(16)8-13(9)18-19-14-11-4-2-3-5-12(11)17-15(14)20/h2-8,17,20H,1H3. The van der Waals surface area contributed by atoms with Crippen LogP contribution in [0.15, 0.2) is 52.7 Å². The first-order valence-electron chi connectivity index (χ1n) is 6.13. The summed E-state index contributed by atoms with van der Waals surface area (Å²) in [5, 5.41) is 19.7. The number of nitrogens with one attached hydrogen (secondary N) is 1. The smallest absolute Gasteiger partial charge is 0.218 e. The summed E-state index contributed by atoms with van der Waals surface area (Å²) in [6.07, 6.45) is 0. The summed E-state index contributed by atoms with van der Waals surface area (Å²) in [6.45, 7) is 1.93. The molecule has 100 valence electrons. The highest BCUT2D eigenvalue weighted by atomic mass is 35.5. The van der Waals surface area contributed by atoms with Crippen molar-refractivity contribution in [3.63, 3.8) is 0 Å². The Hall–Kier alpha value is -2.33. The van der Waals surface area contributed by atoms with E-state index in [1.165, 1.54) is 0 Å². The molecule has 0 atom stereocenters. The third kappa shape index (κ3) is 2.26. The molecule has 0 saturated carbocycles. The highest BCUT2D eigenvalue weighted by Crippen LogP contribution is 2.36. The molecule has 0 saturated heterocycles. The predicted molar refractivity (Wildman–Crippen MR) is 80.3 cm³/mol. The van der Waals surface area contributed by atoms with Crippen LogP contribution < -0.4 is 0 Å². The van der Waals surface area contributed by atoms with Crippen LogP contribution in [0.25, 0.3) is 10.9 Å². The Balaban J connectivity index is 2.06. The van der Waals surface area contributed by atoms with E-state index >= 15 is 0 Å². The van der Waals surface area contributed by atoms with E-state index in [0.29, 0.717) is 16.4 Å². The van der Waals surface area contributed by atoms with Gasteiger partial charge in [-0.3, -0.25) is 0 Å². The van der Waals surface area contributed by atoms with Gasteiger partial charge in [0.05, 0.1) is 11.2 Å². The number of rotatable bonds is 2. The molecular weight excluding hydrogens is 274 g/mol. The number of benzene rings is 2. The lowest BCUT2D eigenvalue weighted by Gasteiger charge is -1.99. The average Bonchev–Trinajstić information content (AvgIpc) is 2.75. The van der Waals surface area contributed by atoms with Crippen molar-refractivity contribution in [1.82, 2.24) is 4.98 Å². The highest BCUT2D eigenvalue weighted by Gasteiger charge is 2.09. The number of aromatic hydroxyl groups is 1. The third-order valence-corrected chi connectivity index (χ3v) is 3.32. The number of aromatic nitrogens is 1. The molecule has 0 aliphatic carbocycles. The number of H-pyrrole nitrogens is 1. The maximum atomic E-state index is 9.90. The monoisotopic (exact) mass is 285 g/mol. The lowest BCUT2D eigenvalue weighted by molar-refractivity contribution is 0.459. The first kappa shape index (κ1) is 12.7. The summed E-state index contributed by atoms with van der Waals surface area (Å²) >= 11 is 5.95. The summed E-state index contributed by atoms with van der Waals surface area (Å²) in [6, 6.07) is 13.0. The van der Waals surface area contributed by atoms with Gasteiger partial charge >= 0.3 is 0 Å². The molecule has 20 heavy (non-hydrogen) atoms. The number of aromatic amines is 1. The molecule has 0 bridgehead atoms. The summed E-state index contributed by atoms with van der Waals surface area (Å²) in [7, 11) is 0. The molecule has 1 aromatic heterocycles. The second-order valence-corrected chi connectivity index (χ2v) is 4.94. The zero-order valence-corrected chi connectivity index (χ0v) is 11.5. The molecule has 0 radical (unpaired) electrons. The SMILES string of the molecule is Cc1ccc(Cl)cc1N=Nc1c(O)[nH]c2ccccc12.